The maximum absolute atomic E-state index is 11.7. The molecule has 0 aliphatic carbocycles. The Morgan fingerprint density at radius 1 is 0.588 bits per heavy atom. The van der Waals surface area contributed by atoms with Gasteiger partial charge in [0.15, 0.2) is 0 Å². The quantitative estimate of drug-likeness (QED) is 0.153. The molecular formula is C44H25BN2O4. The maximum atomic E-state index is 11.7. The van der Waals surface area contributed by atoms with Gasteiger partial charge in [-0.1, -0.05) is 91.0 Å². The summed E-state index contributed by atoms with van der Waals surface area (Å²) in [7, 11) is 0. The van der Waals surface area contributed by atoms with E-state index < -0.39 is 5.97 Å². The lowest BCUT2D eigenvalue weighted by Crippen LogP contribution is -2.59. The van der Waals surface area contributed by atoms with E-state index in [1.807, 2.05) is 36.4 Å². The number of carboxylic acids is 1. The molecule has 7 aromatic carbocycles. The first-order valence-electron chi connectivity index (χ1n) is 16.9. The monoisotopic (exact) mass is 656 g/mol. The number of hydrogen-bond acceptors (Lipinski definition) is 3. The second kappa shape index (κ2) is 10.1. The molecule has 0 atom stereocenters. The molecule has 0 unspecified atom stereocenters. The Kier molecular flexibility index (Phi) is 5.55. The van der Waals surface area contributed by atoms with Gasteiger partial charge in [-0.15, -0.1) is 0 Å². The third-order valence-corrected chi connectivity index (χ3v) is 10.9. The van der Waals surface area contributed by atoms with E-state index in [0.717, 1.165) is 38.7 Å². The van der Waals surface area contributed by atoms with Crippen molar-refractivity contribution in [3.05, 3.63) is 145 Å². The SMILES string of the molecule is O=COc1ccc(-c2ccc3c4c2c2ccccc2n4-c2cccc4c2B3c2ccc(-c3ccc(C(=O)O)cc3)c3c5ccccc5n-4c23)cc1. The Bertz CT molecular complexity index is 2990. The third-order valence-electron chi connectivity index (χ3n) is 10.9. The van der Waals surface area contributed by atoms with Crippen molar-refractivity contribution < 1.29 is 19.4 Å². The van der Waals surface area contributed by atoms with Crippen LogP contribution in [-0.4, -0.2) is 33.4 Å². The van der Waals surface area contributed by atoms with Crippen molar-refractivity contribution in [3.8, 4) is 39.4 Å². The number of benzene rings is 7. The lowest BCUT2D eigenvalue weighted by Gasteiger charge is -2.34. The summed E-state index contributed by atoms with van der Waals surface area (Å²) >= 11 is 0. The highest BCUT2D eigenvalue weighted by Crippen LogP contribution is 2.43. The largest absolute Gasteiger partial charge is 0.478 e. The molecule has 2 aromatic heterocycles. The molecule has 1 N–H and O–H groups in total. The number of aromatic nitrogens is 2. The number of carbonyl (C=O) groups excluding carboxylic acids is 1. The van der Waals surface area contributed by atoms with Crippen molar-refractivity contribution in [2.24, 2.45) is 0 Å². The van der Waals surface area contributed by atoms with Crippen molar-refractivity contribution in [1.29, 1.82) is 0 Å². The van der Waals surface area contributed by atoms with Gasteiger partial charge in [-0.05, 0) is 87.2 Å². The number of carbonyl (C=O) groups is 2. The number of hydrogen-bond donors (Lipinski definition) is 1. The van der Waals surface area contributed by atoms with E-state index in [-0.39, 0.29) is 12.3 Å². The molecule has 0 fully saturated rings. The number of nitrogens with zero attached hydrogens (tertiary/aromatic N) is 2. The Balaban J connectivity index is 1.25. The van der Waals surface area contributed by atoms with Gasteiger partial charge in [0, 0.05) is 44.0 Å². The zero-order chi connectivity index (χ0) is 34.0. The lowest BCUT2D eigenvalue weighted by molar-refractivity contribution is -0.120. The molecule has 7 heteroatoms. The molecule has 0 bridgehead atoms. The van der Waals surface area contributed by atoms with Gasteiger partial charge < -0.3 is 19.0 Å². The molecule has 0 spiro atoms. The molecule has 51 heavy (non-hydrogen) atoms. The fraction of sp³-hybridized carbons (Fsp3) is 0. The molecule has 4 heterocycles. The Labute approximate surface area is 291 Å². The molecule has 9 aromatic rings. The second-order valence-electron chi connectivity index (χ2n) is 13.3. The molecule has 0 amide bonds. The molecule has 0 saturated heterocycles. The van der Waals surface area contributed by atoms with Crippen molar-refractivity contribution in [2.45, 2.75) is 0 Å². The number of carboxylic acid groups (broad SMARTS) is 1. The van der Waals surface area contributed by atoms with Crippen LogP contribution in [0.2, 0.25) is 0 Å². The van der Waals surface area contributed by atoms with Gasteiger partial charge in [0.1, 0.15) is 5.75 Å². The highest BCUT2D eigenvalue weighted by Gasteiger charge is 2.41. The average Bonchev–Trinajstić information content (AvgIpc) is 3.71. The van der Waals surface area contributed by atoms with Gasteiger partial charge in [0.05, 0.1) is 16.6 Å². The summed E-state index contributed by atoms with van der Waals surface area (Å²) in [5, 5.41) is 14.3. The van der Waals surface area contributed by atoms with Crippen molar-refractivity contribution in [3.63, 3.8) is 0 Å². The summed E-state index contributed by atoms with van der Waals surface area (Å²) in [4.78, 5) is 22.7. The van der Waals surface area contributed by atoms with Crippen LogP contribution in [0.3, 0.4) is 0 Å². The summed E-state index contributed by atoms with van der Waals surface area (Å²) in [6, 6.07) is 47.9. The molecule has 0 saturated carbocycles. The minimum absolute atomic E-state index is 0.0179. The van der Waals surface area contributed by atoms with Crippen molar-refractivity contribution >= 4 is 79.2 Å². The standard InChI is InChI=1S/C44H25BN2O4/c48-24-51-28-18-16-26(17-19-28)30-21-23-34-43-40(30)32-7-2-4-9-36(32)47(43)38-11-5-10-37-41(38)45(34)33-22-20-29(25-12-14-27(15-13-25)44(49)50)39-31-6-1-3-8-35(31)46(37)42(33)39/h1-24H,(H,49,50). The van der Waals surface area contributed by atoms with Crippen LogP contribution in [-0.2, 0) is 4.79 Å². The smallest absolute Gasteiger partial charge is 0.335 e. The van der Waals surface area contributed by atoms with Gasteiger partial charge in [-0.2, -0.15) is 0 Å². The first kappa shape index (κ1) is 28.0. The van der Waals surface area contributed by atoms with Crippen LogP contribution in [0.25, 0.3) is 77.2 Å². The predicted molar refractivity (Wildman–Crippen MR) is 204 cm³/mol. The van der Waals surface area contributed by atoms with E-state index in [4.69, 9.17) is 4.74 Å². The Morgan fingerprint density at radius 2 is 1.10 bits per heavy atom. The van der Waals surface area contributed by atoms with Crippen LogP contribution in [0.15, 0.2) is 140 Å². The minimum Gasteiger partial charge on any atom is -0.478 e. The van der Waals surface area contributed by atoms with Crippen molar-refractivity contribution in [1.82, 2.24) is 9.13 Å². The van der Waals surface area contributed by atoms with Crippen LogP contribution in [0.5, 0.6) is 5.75 Å². The van der Waals surface area contributed by atoms with E-state index in [2.05, 4.69) is 100 Å². The summed E-state index contributed by atoms with van der Waals surface area (Å²) < 4.78 is 10.0. The zero-order valence-corrected chi connectivity index (χ0v) is 27.0. The zero-order valence-electron chi connectivity index (χ0n) is 27.0. The molecule has 0 radical (unpaired) electrons. The van der Waals surface area contributed by atoms with E-state index in [1.165, 1.54) is 55.0 Å². The second-order valence-corrected chi connectivity index (χ2v) is 13.3. The Hall–Kier alpha value is -6.86. The van der Waals surface area contributed by atoms with Crippen LogP contribution < -0.4 is 21.1 Å². The van der Waals surface area contributed by atoms with Crippen LogP contribution in [0, 0.1) is 0 Å². The van der Waals surface area contributed by atoms with Gasteiger partial charge in [-0.3, -0.25) is 4.79 Å². The van der Waals surface area contributed by atoms with Gasteiger partial charge >= 0.3 is 5.97 Å². The summed E-state index contributed by atoms with van der Waals surface area (Å²) in [5.74, 6) is -0.425. The fourth-order valence-corrected chi connectivity index (χ4v) is 8.96. The highest BCUT2D eigenvalue weighted by molar-refractivity contribution is 7.00. The van der Waals surface area contributed by atoms with Crippen LogP contribution in [0.1, 0.15) is 10.4 Å². The number of ether oxygens (including phenoxy) is 1. The lowest BCUT2D eigenvalue weighted by atomic mass is 9.34. The van der Waals surface area contributed by atoms with Crippen LogP contribution in [0.4, 0.5) is 0 Å². The Morgan fingerprint density at radius 3 is 1.61 bits per heavy atom. The molecule has 6 nitrogen and oxygen atoms in total. The summed E-state index contributed by atoms with van der Waals surface area (Å²) in [6.07, 6.45) is 0. The summed E-state index contributed by atoms with van der Waals surface area (Å²) in [5.41, 5.74) is 15.3. The van der Waals surface area contributed by atoms with Crippen molar-refractivity contribution in [2.75, 3.05) is 0 Å². The number of para-hydroxylation sites is 2. The number of aromatic carboxylic acids is 1. The summed E-state index contributed by atoms with van der Waals surface area (Å²) in [6.45, 7) is 0.436. The first-order chi connectivity index (χ1) is 25.1. The van der Waals surface area contributed by atoms with E-state index >= 15 is 0 Å². The third kappa shape index (κ3) is 3.61. The predicted octanol–water partition coefficient (Wildman–Crippen LogP) is 7.59. The average molecular weight is 657 g/mol. The van der Waals surface area contributed by atoms with E-state index in [0.29, 0.717) is 12.2 Å². The molecule has 2 aliphatic heterocycles. The molecule has 2 aliphatic rings. The van der Waals surface area contributed by atoms with Gasteiger partial charge in [0.2, 0.25) is 0 Å². The molecule has 238 valence electrons. The first-order valence-corrected chi connectivity index (χ1v) is 16.9. The molecule has 11 rings (SSSR count). The topological polar surface area (TPSA) is 73.5 Å². The van der Waals surface area contributed by atoms with Gasteiger partial charge in [0.25, 0.3) is 13.2 Å². The van der Waals surface area contributed by atoms with Gasteiger partial charge in [-0.25, -0.2) is 4.79 Å². The highest BCUT2D eigenvalue weighted by atomic mass is 16.5. The van der Waals surface area contributed by atoms with E-state index in [9.17, 15) is 14.7 Å². The molecular weight excluding hydrogens is 631 g/mol. The van der Waals surface area contributed by atoms with Crippen LogP contribution >= 0.6 is 0 Å². The maximum Gasteiger partial charge on any atom is 0.335 e. The number of rotatable bonds is 5. The normalized spacial score (nSPS) is 12.5. The van der Waals surface area contributed by atoms with E-state index in [1.54, 1.807) is 12.1 Å². The minimum atomic E-state index is -0.934. The fourth-order valence-electron chi connectivity index (χ4n) is 8.96. The number of fused-ring (bicyclic) bond motifs is 10.